The molecule has 0 aromatic carbocycles. The van der Waals surface area contributed by atoms with Crippen molar-refractivity contribution in [1.29, 1.82) is 0 Å². The van der Waals surface area contributed by atoms with Crippen LogP contribution in [0.25, 0.3) is 0 Å². The van der Waals surface area contributed by atoms with Gasteiger partial charge in [0.05, 0.1) is 11.0 Å². The lowest BCUT2D eigenvalue weighted by molar-refractivity contribution is 0.0264. The van der Waals surface area contributed by atoms with Gasteiger partial charge in [-0.05, 0) is 20.8 Å². The Bertz CT molecular complexity index is 430. The molecule has 0 saturated carbocycles. The van der Waals surface area contributed by atoms with Crippen LogP contribution in [0.2, 0.25) is 0 Å². The number of rotatable bonds is 4. The van der Waals surface area contributed by atoms with Crippen molar-refractivity contribution in [3.05, 3.63) is 11.1 Å². The van der Waals surface area contributed by atoms with Crippen molar-refractivity contribution >= 4 is 22.6 Å². The number of anilines is 1. The van der Waals surface area contributed by atoms with Gasteiger partial charge in [-0.25, -0.2) is 9.78 Å². The molecule has 0 fully saturated rings. The quantitative estimate of drug-likeness (QED) is 0.652. The lowest BCUT2D eigenvalue weighted by atomic mass is 10.2. The van der Waals surface area contributed by atoms with E-state index in [2.05, 4.69) is 10.3 Å². The second kappa shape index (κ2) is 6.29. The summed E-state index contributed by atoms with van der Waals surface area (Å²) in [6.45, 7) is 5.19. The number of hydrogen-bond acceptors (Lipinski definition) is 7. The largest absolute Gasteiger partial charge is 0.444 e. The summed E-state index contributed by atoms with van der Waals surface area (Å²) < 4.78 is 5.06. The molecule has 2 unspecified atom stereocenters. The van der Waals surface area contributed by atoms with E-state index in [1.54, 1.807) is 20.8 Å². The average molecular weight is 289 g/mol. The van der Waals surface area contributed by atoms with E-state index in [4.69, 9.17) is 10.5 Å². The number of carbonyl (C=O) groups excluding carboxylic acids is 1. The van der Waals surface area contributed by atoms with E-state index >= 15 is 0 Å². The van der Waals surface area contributed by atoms with Crippen LogP contribution in [0.1, 0.15) is 31.8 Å². The lowest BCUT2D eigenvalue weighted by Gasteiger charge is -2.18. The van der Waals surface area contributed by atoms with E-state index in [-0.39, 0.29) is 11.7 Å². The van der Waals surface area contributed by atoms with Gasteiger partial charge in [0.2, 0.25) is 0 Å². The summed E-state index contributed by atoms with van der Waals surface area (Å²) in [5.74, 6) is 0. The number of thiazole rings is 1. The summed E-state index contributed by atoms with van der Waals surface area (Å²) in [5.41, 5.74) is 4.65. The van der Waals surface area contributed by atoms with Crippen molar-refractivity contribution in [2.45, 2.75) is 38.6 Å². The molecule has 1 aromatic rings. The van der Waals surface area contributed by atoms with Crippen molar-refractivity contribution in [3.8, 4) is 0 Å². The van der Waals surface area contributed by atoms with Crippen LogP contribution in [0.15, 0.2) is 6.20 Å². The number of ether oxygens (including phenoxy) is 1. The van der Waals surface area contributed by atoms with Crippen LogP contribution < -0.4 is 11.1 Å². The maximum Gasteiger partial charge on any atom is 0.413 e. The van der Waals surface area contributed by atoms with E-state index in [9.17, 15) is 15.0 Å². The Morgan fingerprint density at radius 2 is 2.21 bits per heavy atom. The van der Waals surface area contributed by atoms with Gasteiger partial charge in [-0.15, -0.1) is 0 Å². The monoisotopic (exact) mass is 289 g/mol. The van der Waals surface area contributed by atoms with E-state index in [1.807, 2.05) is 0 Å². The van der Waals surface area contributed by atoms with Gasteiger partial charge in [0.1, 0.15) is 11.7 Å². The predicted molar refractivity (Wildman–Crippen MR) is 72.0 cm³/mol. The van der Waals surface area contributed by atoms with E-state index in [1.165, 1.54) is 6.20 Å². The number of nitrogens with two attached hydrogens (primary N) is 1. The van der Waals surface area contributed by atoms with Crippen LogP contribution in [0.3, 0.4) is 0 Å². The molecule has 0 radical (unpaired) electrons. The third-order valence-corrected chi connectivity index (χ3v) is 3.01. The van der Waals surface area contributed by atoms with Gasteiger partial charge in [0, 0.05) is 12.7 Å². The summed E-state index contributed by atoms with van der Waals surface area (Å²) in [6, 6.07) is 0. The Morgan fingerprint density at radius 1 is 1.58 bits per heavy atom. The van der Waals surface area contributed by atoms with Gasteiger partial charge in [-0.1, -0.05) is 11.3 Å². The first-order chi connectivity index (χ1) is 8.73. The molecular formula is C11H19N3O4S. The highest BCUT2D eigenvalue weighted by Gasteiger charge is 2.21. The Hall–Kier alpha value is -1.22. The maximum absolute atomic E-state index is 11.5. The highest BCUT2D eigenvalue weighted by Crippen LogP contribution is 2.26. The van der Waals surface area contributed by atoms with Crippen molar-refractivity contribution in [3.63, 3.8) is 0 Å². The summed E-state index contributed by atoms with van der Waals surface area (Å²) in [6.07, 6.45) is -1.42. The molecule has 1 aromatic heterocycles. The highest BCUT2D eigenvalue weighted by atomic mass is 32.1. The number of aliphatic hydroxyl groups is 2. The molecule has 0 spiro atoms. The average Bonchev–Trinajstić information content (AvgIpc) is 2.72. The molecule has 2 atom stereocenters. The van der Waals surface area contributed by atoms with Gasteiger partial charge >= 0.3 is 6.09 Å². The topological polar surface area (TPSA) is 118 Å². The SMILES string of the molecule is CC(C)(C)OC(=O)Nc1ncc(C(O)C(O)CN)s1. The number of aromatic nitrogens is 1. The Labute approximate surface area is 115 Å². The normalized spacial score (nSPS) is 14.8. The standard InChI is InChI=1S/C11H19N3O4S/c1-11(2,3)18-10(17)14-9-13-5-7(19-9)8(16)6(15)4-12/h5-6,8,15-16H,4,12H2,1-3H3,(H,13,14,17). The predicted octanol–water partition coefficient (Wildman–Crippen LogP) is 0.843. The molecule has 7 nitrogen and oxygen atoms in total. The number of nitrogens with one attached hydrogen (secondary N) is 1. The Kier molecular flexibility index (Phi) is 5.24. The van der Waals surface area contributed by atoms with Gasteiger partial charge in [0.15, 0.2) is 5.13 Å². The van der Waals surface area contributed by atoms with Crippen molar-refractivity contribution in [2.75, 3.05) is 11.9 Å². The third kappa shape index (κ3) is 5.11. The first-order valence-electron chi connectivity index (χ1n) is 5.75. The smallest absolute Gasteiger partial charge is 0.413 e. The molecule has 5 N–H and O–H groups in total. The Morgan fingerprint density at radius 3 is 2.74 bits per heavy atom. The molecule has 0 aliphatic rings. The minimum atomic E-state index is -1.11. The molecule has 1 heterocycles. The van der Waals surface area contributed by atoms with E-state index in [0.717, 1.165) is 11.3 Å². The fourth-order valence-corrected chi connectivity index (χ4v) is 2.04. The molecule has 19 heavy (non-hydrogen) atoms. The summed E-state index contributed by atoms with van der Waals surface area (Å²) in [4.78, 5) is 15.8. The molecule has 8 heteroatoms. The zero-order valence-electron chi connectivity index (χ0n) is 11.1. The van der Waals surface area contributed by atoms with Crippen molar-refractivity contribution in [2.24, 2.45) is 5.73 Å². The van der Waals surface area contributed by atoms with Gasteiger partial charge in [0.25, 0.3) is 0 Å². The zero-order chi connectivity index (χ0) is 14.6. The molecule has 1 rings (SSSR count). The zero-order valence-corrected chi connectivity index (χ0v) is 11.9. The number of amides is 1. The molecule has 0 saturated heterocycles. The fraction of sp³-hybridized carbons (Fsp3) is 0.636. The van der Waals surface area contributed by atoms with Crippen LogP contribution >= 0.6 is 11.3 Å². The second-order valence-electron chi connectivity index (χ2n) is 4.94. The lowest BCUT2D eigenvalue weighted by Crippen LogP contribution is -2.27. The van der Waals surface area contributed by atoms with Gasteiger partial charge < -0.3 is 20.7 Å². The van der Waals surface area contributed by atoms with Crippen LogP contribution in [-0.4, -0.2) is 39.5 Å². The number of carbonyl (C=O) groups is 1. The third-order valence-electron chi connectivity index (χ3n) is 2.03. The molecular weight excluding hydrogens is 270 g/mol. The van der Waals surface area contributed by atoms with E-state index < -0.39 is 23.9 Å². The van der Waals surface area contributed by atoms with E-state index in [0.29, 0.717) is 4.88 Å². The van der Waals surface area contributed by atoms with Crippen molar-refractivity contribution in [1.82, 2.24) is 4.98 Å². The Balaban J connectivity index is 2.63. The van der Waals surface area contributed by atoms with Crippen LogP contribution in [0, 0.1) is 0 Å². The summed E-state index contributed by atoms with van der Waals surface area (Å²) in [5, 5.41) is 21.9. The molecule has 0 aliphatic heterocycles. The van der Waals surface area contributed by atoms with Crippen LogP contribution in [0.5, 0.6) is 0 Å². The minimum Gasteiger partial charge on any atom is -0.444 e. The number of aliphatic hydroxyl groups excluding tert-OH is 2. The van der Waals surface area contributed by atoms with Crippen LogP contribution in [-0.2, 0) is 4.74 Å². The first kappa shape index (κ1) is 15.8. The summed E-state index contributed by atoms with van der Waals surface area (Å²) in [7, 11) is 0. The maximum atomic E-state index is 11.5. The summed E-state index contributed by atoms with van der Waals surface area (Å²) >= 11 is 1.05. The number of nitrogens with zero attached hydrogens (tertiary/aromatic N) is 1. The first-order valence-corrected chi connectivity index (χ1v) is 6.56. The number of hydrogen-bond donors (Lipinski definition) is 4. The van der Waals surface area contributed by atoms with Crippen LogP contribution in [0.4, 0.5) is 9.93 Å². The minimum absolute atomic E-state index is 0.0616. The molecule has 0 aliphatic carbocycles. The molecule has 108 valence electrons. The molecule has 1 amide bonds. The second-order valence-corrected chi connectivity index (χ2v) is 6.00. The fourth-order valence-electron chi connectivity index (χ4n) is 1.19. The highest BCUT2D eigenvalue weighted by molar-refractivity contribution is 7.15. The molecule has 0 bridgehead atoms. The van der Waals surface area contributed by atoms with Gasteiger partial charge in [-0.3, -0.25) is 5.32 Å². The van der Waals surface area contributed by atoms with Gasteiger partial charge in [-0.2, -0.15) is 0 Å². The van der Waals surface area contributed by atoms with Crippen molar-refractivity contribution < 1.29 is 19.7 Å².